The molecule has 0 spiro atoms. The summed E-state index contributed by atoms with van der Waals surface area (Å²) in [5, 5.41) is 8.90. The average Bonchev–Trinajstić information content (AvgIpc) is 2.77. The molecular weight excluding hydrogens is 231 g/mol. The Morgan fingerprint density at radius 3 is 2.83 bits per heavy atom. The fraction of sp³-hybridized carbons (Fsp3) is 0. The molecule has 0 aliphatic heterocycles. The topological polar surface area (TPSA) is 43.1 Å². The molecule has 86 valence electrons. The molecule has 18 heavy (non-hydrogen) atoms. The minimum absolute atomic E-state index is 0.322. The Hall–Kier alpha value is -2.56. The Balaban J connectivity index is 2.28. The van der Waals surface area contributed by atoms with Crippen molar-refractivity contribution in [3.63, 3.8) is 0 Å². The number of fused-ring (bicyclic) bond motifs is 5. The van der Waals surface area contributed by atoms with E-state index < -0.39 is 0 Å². The molecule has 0 aliphatic rings. The highest BCUT2D eigenvalue weighted by Gasteiger charge is 2.09. The lowest BCUT2D eigenvalue weighted by molar-refractivity contribution is 0.629. The van der Waals surface area contributed by atoms with Crippen LogP contribution in [0.4, 0.5) is 4.39 Å². The van der Waals surface area contributed by atoms with Crippen molar-refractivity contribution in [2.75, 3.05) is 0 Å². The highest BCUT2D eigenvalue weighted by atomic mass is 19.1. The molecule has 4 rings (SSSR count). The molecule has 4 aromatic rings. The second-order valence-corrected chi connectivity index (χ2v) is 4.09. The number of halogens is 1. The molecule has 0 fully saturated rings. The van der Waals surface area contributed by atoms with Gasteiger partial charge in [-0.05, 0) is 24.3 Å². The van der Waals surface area contributed by atoms with Crippen molar-refractivity contribution in [1.29, 1.82) is 0 Å². The number of imidazole rings is 1. The van der Waals surface area contributed by atoms with Gasteiger partial charge in [0.1, 0.15) is 11.3 Å². The van der Waals surface area contributed by atoms with Crippen molar-refractivity contribution in [1.82, 2.24) is 19.8 Å². The first-order valence-electron chi connectivity index (χ1n) is 5.52. The molecule has 2 heterocycles. The monoisotopic (exact) mass is 238 g/mol. The lowest BCUT2D eigenvalue weighted by Crippen LogP contribution is -1.96. The Kier molecular flexibility index (Phi) is 1.70. The van der Waals surface area contributed by atoms with Crippen LogP contribution in [0.1, 0.15) is 0 Å². The third-order valence-electron chi connectivity index (χ3n) is 2.98. The molecule has 0 bridgehead atoms. The summed E-state index contributed by atoms with van der Waals surface area (Å²) < 4.78 is 14.8. The van der Waals surface area contributed by atoms with E-state index in [1.807, 2.05) is 24.3 Å². The molecule has 0 unspecified atom stereocenters. The second kappa shape index (κ2) is 3.22. The molecule has 5 heteroatoms. The third kappa shape index (κ3) is 1.15. The van der Waals surface area contributed by atoms with Gasteiger partial charge in [0.15, 0.2) is 5.65 Å². The SMILES string of the molecule is Fc1ccc2c(c1)nnn1c3ccccc3nc21. The Morgan fingerprint density at radius 2 is 1.89 bits per heavy atom. The quantitative estimate of drug-likeness (QED) is 0.473. The van der Waals surface area contributed by atoms with E-state index in [2.05, 4.69) is 15.3 Å². The molecule has 0 radical (unpaired) electrons. The van der Waals surface area contributed by atoms with Gasteiger partial charge < -0.3 is 0 Å². The van der Waals surface area contributed by atoms with E-state index in [1.165, 1.54) is 12.1 Å². The molecule has 2 aromatic carbocycles. The molecular formula is C13H7FN4. The van der Waals surface area contributed by atoms with Gasteiger partial charge in [0.2, 0.25) is 0 Å². The molecule has 0 amide bonds. The molecule has 0 saturated heterocycles. The standard InChI is InChI=1S/C13H7FN4/c14-8-5-6-9-11(7-8)16-17-18-12-4-2-1-3-10(12)15-13(9)18/h1-7H. The van der Waals surface area contributed by atoms with E-state index in [0.29, 0.717) is 11.2 Å². The minimum atomic E-state index is -0.322. The van der Waals surface area contributed by atoms with Crippen molar-refractivity contribution in [3.05, 3.63) is 48.3 Å². The van der Waals surface area contributed by atoms with Crippen LogP contribution < -0.4 is 0 Å². The maximum atomic E-state index is 13.1. The van der Waals surface area contributed by atoms with E-state index >= 15 is 0 Å². The largest absolute Gasteiger partial charge is 0.226 e. The van der Waals surface area contributed by atoms with Crippen LogP contribution in [0.15, 0.2) is 42.5 Å². The summed E-state index contributed by atoms with van der Waals surface area (Å²) in [6.45, 7) is 0. The summed E-state index contributed by atoms with van der Waals surface area (Å²) in [6, 6.07) is 12.1. The summed E-state index contributed by atoms with van der Waals surface area (Å²) in [4.78, 5) is 4.51. The van der Waals surface area contributed by atoms with Crippen LogP contribution >= 0.6 is 0 Å². The fourth-order valence-corrected chi connectivity index (χ4v) is 2.15. The van der Waals surface area contributed by atoms with Gasteiger partial charge in [0, 0.05) is 11.5 Å². The van der Waals surface area contributed by atoms with Crippen LogP contribution in [-0.4, -0.2) is 19.8 Å². The highest BCUT2D eigenvalue weighted by Crippen LogP contribution is 2.21. The lowest BCUT2D eigenvalue weighted by atomic mass is 10.2. The summed E-state index contributed by atoms with van der Waals surface area (Å²) in [5.41, 5.74) is 2.95. The normalized spacial score (nSPS) is 11.6. The molecule has 2 aromatic heterocycles. The van der Waals surface area contributed by atoms with Crippen molar-refractivity contribution in [2.24, 2.45) is 0 Å². The van der Waals surface area contributed by atoms with Crippen molar-refractivity contribution >= 4 is 27.6 Å². The third-order valence-corrected chi connectivity index (χ3v) is 2.98. The Bertz CT molecular complexity index is 897. The second-order valence-electron chi connectivity index (χ2n) is 4.09. The van der Waals surface area contributed by atoms with Gasteiger partial charge in [-0.25, -0.2) is 9.37 Å². The first kappa shape index (κ1) is 9.47. The van der Waals surface area contributed by atoms with Gasteiger partial charge in [-0.15, -0.1) is 5.10 Å². The molecule has 0 aliphatic carbocycles. The minimum Gasteiger partial charge on any atom is -0.226 e. The molecule has 0 atom stereocenters. The number of para-hydroxylation sites is 2. The van der Waals surface area contributed by atoms with E-state index in [-0.39, 0.29) is 5.82 Å². The first-order chi connectivity index (χ1) is 8.83. The van der Waals surface area contributed by atoms with E-state index in [9.17, 15) is 4.39 Å². The smallest absolute Gasteiger partial charge is 0.166 e. The molecule has 0 N–H and O–H groups in total. The average molecular weight is 238 g/mol. The maximum absolute atomic E-state index is 13.1. The number of aromatic nitrogens is 4. The first-order valence-corrected chi connectivity index (χ1v) is 5.52. The number of rotatable bonds is 0. The van der Waals surface area contributed by atoms with Crippen LogP contribution in [0.5, 0.6) is 0 Å². The van der Waals surface area contributed by atoms with Crippen LogP contribution in [0.25, 0.3) is 27.6 Å². The fourth-order valence-electron chi connectivity index (χ4n) is 2.15. The summed E-state index contributed by atoms with van der Waals surface area (Å²) in [6.07, 6.45) is 0. The maximum Gasteiger partial charge on any atom is 0.166 e. The predicted octanol–water partition coefficient (Wildman–Crippen LogP) is 2.57. The predicted molar refractivity (Wildman–Crippen MR) is 65.8 cm³/mol. The van der Waals surface area contributed by atoms with E-state index in [0.717, 1.165) is 16.4 Å². The summed E-state index contributed by atoms with van der Waals surface area (Å²) in [7, 11) is 0. The van der Waals surface area contributed by atoms with E-state index in [4.69, 9.17) is 0 Å². The van der Waals surface area contributed by atoms with Crippen LogP contribution in [0, 0.1) is 5.82 Å². The van der Waals surface area contributed by atoms with Crippen LogP contribution in [0.3, 0.4) is 0 Å². The zero-order valence-corrected chi connectivity index (χ0v) is 9.21. The van der Waals surface area contributed by atoms with Gasteiger partial charge in [-0.2, -0.15) is 4.52 Å². The van der Waals surface area contributed by atoms with Crippen LogP contribution in [0.2, 0.25) is 0 Å². The van der Waals surface area contributed by atoms with Crippen molar-refractivity contribution in [2.45, 2.75) is 0 Å². The summed E-state index contributed by atoms with van der Waals surface area (Å²) in [5.74, 6) is -0.322. The number of hydrogen-bond acceptors (Lipinski definition) is 3. The number of nitrogens with zero attached hydrogens (tertiary/aromatic N) is 4. The summed E-state index contributed by atoms with van der Waals surface area (Å²) >= 11 is 0. The number of hydrogen-bond donors (Lipinski definition) is 0. The highest BCUT2D eigenvalue weighted by molar-refractivity contribution is 5.95. The van der Waals surface area contributed by atoms with Crippen molar-refractivity contribution in [3.8, 4) is 0 Å². The van der Waals surface area contributed by atoms with Gasteiger partial charge in [-0.3, -0.25) is 0 Å². The lowest BCUT2D eigenvalue weighted by Gasteiger charge is -1.98. The van der Waals surface area contributed by atoms with Gasteiger partial charge in [0.05, 0.1) is 11.0 Å². The van der Waals surface area contributed by atoms with Gasteiger partial charge in [-0.1, -0.05) is 17.3 Å². The van der Waals surface area contributed by atoms with E-state index in [1.54, 1.807) is 10.6 Å². The number of benzene rings is 2. The zero-order valence-electron chi connectivity index (χ0n) is 9.21. The molecule has 0 saturated carbocycles. The Morgan fingerprint density at radius 1 is 1.00 bits per heavy atom. The Labute approximate surface area is 101 Å². The van der Waals surface area contributed by atoms with Gasteiger partial charge >= 0.3 is 0 Å². The molecule has 4 nitrogen and oxygen atoms in total. The van der Waals surface area contributed by atoms with Crippen LogP contribution in [-0.2, 0) is 0 Å². The zero-order chi connectivity index (χ0) is 12.1. The van der Waals surface area contributed by atoms with Gasteiger partial charge in [0.25, 0.3) is 0 Å². The van der Waals surface area contributed by atoms with Crippen molar-refractivity contribution < 1.29 is 4.39 Å².